The van der Waals surface area contributed by atoms with Gasteiger partial charge in [0.1, 0.15) is 0 Å². The topological polar surface area (TPSA) is 36.1 Å². The third-order valence-corrected chi connectivity index (χ3v) is 3.58. The number of hydrogen-bond acceptors (Lipinski definition) is 3. The molecule has 0 amide bonds. The Morgan fingerprint density at radius 1 is 0.938 bits per heavy atom. The zero-order valence-electron chi connectivity index (χ0n) is 11.9. The summed E-state index contributed by atoms with van der Waals surface area (Å²) < 4.78 is 4.09. The Labute approximate surface area is 114 Å². The normalized spacial score (nSPS) is 10.8. The third-order valence-electron chi connectivity index (χ3n) is 1.09. The van der Waals surface area contributed by atoms with Crippen molar-refractivity contribution in [2.24, 2.45) is 0 Å². The quantitative estimate of drug-likeness (QED) is 0.686. The van der Waals surface area contributed by atoms with Crippen molar-refractivity contribution in [1.82, 2.24) is 16.0 Å². The number of rotatable bonds is 1. The van der Waals surface area contributed by atoms with Crippen LogP contribution < -0.4 is 16.0 Å². The molecule has 0 fully saturated rings. The molecule has 1 aliphatic rings. The van der Waals surface area contributed by atoms with Gasteiger partial charge in [0.15, 0.2) is 0 Å². The summed E-state index contributed by atoms with van der Waals surface area (Å²) >= 11 is -0.0408. The van der Waals surface area contributed by atoms with E-state index in [1.54, 1.807) is 3.28 Å². The second-order valence-corrected chi connectivity index (χ2v) is 5.88. The van der Waals surface area contributed by atoms with Crippen LogP contribution in [0.5, 0.6) is 0 Å². The summed E-state index contributed by atoms with van der Waals surface area (Å²) in [6.45, 7) is 0. The molecule has 0 spiro atoms. The Hall–Kier alpha value is 0.243. The molecule has 0 unspecified atom stereocenters. The predicted molar refractivity (Wildman–Crippen MR) is 72.7 cm³/mol. The minimum absolute atomic E-state index is 0.0408. The van der Waals surface area contributed by atoms with E-state index in [2.05, 4.69) is 38.8 Å². The Morgan fingerprint density at radius 2 is 1.31 bits per heavy atom. The van der Waals surface area contributed by atoms with Crippen molar-refractivity contribution < 1.29 is 23.2 Å². The number of hydrogen-bond donors (Lipinski definition) is 3. The first kappa shape index (κ1) is 21.5. The van der Waals surface area contributed by atoms with Gasteiger partial charge in [0, 0.05) is 0 Å². The molecule has 0 heterocycles. The zero-order valence-corrected chi connectivity index (χ0v) is 14.4. The number of nitrogens with one attached hydrogen (secondary N) is 3. The van der Waals surface area contributed by atoms with E-state index < -0.39 is 0 Å². The summed E-state index contributed by atoms with van der Waals surface area (Å²) in [5.74, 6) is 0. The summed E-state index contributed by atoms with van der Waals surface area (Å²) in [5, 5.41) is 8.25. The molecule has 0 aromatic rings. The average Bonchev–Trinajstić information content (AvgIpc) is 2.73. The average molecular weight is 307 g/mol. The van der Waals surface area contributed by atoms with Crippen molar-refractivity contribution in [3.63, 3.8) is 0 Å². The van der Waals surface area contributed by atoms with Crippen molar-refractivity contribution in [2.45, 2.75) is 11.1 Å². The summed E-state index contributed by atoms with van der Waals surface area (Å²) in [6, 6.07) is 0. The zero-order chi connectivity index (χ0) is 13.2. The van der Waals surface area contributed by atoms with Crippen molar-refractivity contribution in [3.05, 3.63) is 21.5 Å². The van der Waals surface area contributed by atoms with E-state index in [-0.39, 0.29) is 23.2 Å². The summed E-state index contributed by atoms with van der Waals surface area (Å²) in [7, 11) is 11.2. The maximum absolute atomic E-state index is 2.75. The fourth-order valence-corrected chi connectivity index (χ4v) is 2.07. The van der Waals surface area contributed by atoms with Crippen molar-refractivity contribution >= 4 is 0 Å². The van der Waals surface area contributed by atoms with E-state index in [0.29, 0.717) is 0 Å². The van der Waals surface area contributed by atoms with E-state index in [1.807, 2.05) is 42.3 Å². The molecule has 0 aliphatic heterocycles. The van der Waals surface area contributed by atoms with Crippen LogP contribution in [0.1, 0.15) is 6.42 Å². The first-order valence-electron chi connectivity index (χ1n) is 5.47. The van der Waals surface area contributed by atoms with E-state index in [1.165, 1.54) is 6.42 Å². The van der Waals surface area contributed by atoms with Gasteiger partial charge < -0.3 is 16.0 Å². The van der Waals surface area contributed by atoms with Crippen LogP contribution in [0.3, 0.4) is 0 Å². The molecular weight excluding hydrogens is 277 g/mol. The summed E-state index contributed by atoms with van der Waals surface area (Å²) in [5.41, 5.74) is 0. The Morgan fingerprint density at radius 3 is 1.44 bits per heavy atom. The van der Waals surface area contributed by atoms with Crippen LogP contribution in [-0.4, -0.2) is 42.3 Å². The molecule has 3 nitrogen and oxygen atoms in total. The van der Waals surface area contributed by atoms with E-state index >= 15 is 0 Å². The van der Waals surface area contributed by atoms with Crippen LogP contribution in [0.15, 0.2) is 21.5 Å². The summed E-state index contributed by atoms with van der Waals surface area (Å²) in [4.78, 5) is 0. The van der Waals surface area contributed by atoms with Crippen LogP contribution >= 0.6 is 0 Å². The van der Waals surface area contributed by atoms with Crippen molar-refractivity contribution in [3.8, 4) is 0 Å². The number of allylic oxidation sites excluding steroid dienone is 4. The maximum atomic E-state index is 2.75. The van der Waals surface area contributed by atoms with Crippen molar-refractivity contribution in [1.29, 1.82) is 0 Å². The summed E-state index contributed by atoms with van der Waals surface area (Å²) in [6.07, 6.45) is 7.94. The molecule has 96 valence electrons. The minimum atomic E-state index is -0.0408. The molecule has 0 aromatic carbocycles. The fraction of sp³-hybridized carbons (Fsp3) is 0.667. The molecule has 0 atom stereocenters. The molecule has 16 heavy (non-hydrogen) atoms. The predicted octanol–water partition coefficient (Wildman–Crippen LogP) is 1.47. The van der Waals surface area contributed by atoms with Crippen molar-refractivity contribution in [2.75, 3.05) is 42.3 Å². The Balaban J connectivity index is -0.000000161. The molecule has 3 N–H and O–H groups in total. The molecule has 0 aromatic heterocycles. The first-order chi connectivity index (χ1) is 7.67. The van der Waals surface area contributed by atoms with Gasteiger partial charge in [-0.1, -0.05) is 0 Å². The van der Waals surface area contributed by atoms with Gasteiger partial charge in [-0.3, -0.25) is 0 Å². The van der Waals surface area contributed by atoms with Gasteiger partial charge in [-0.25, -0.2) is 0 Å². The molecule has 1 rings (SSSR count). The standard InChI is InChI=1S/C5H5.3C2H7N.CH3.Zr/c1-2-4-5-3-1;3*1-3-2;;/h1-3H,4H2;3*3H,1-2H3;1H3;. The Bertz CT molecular complexity index is 152. The van der Waals surface area contributed by atoms with Crippen LogP contribution in [-0.2, 0) is 23.2 Å². The van der Waals surface area contributed by atoms with Gasteiger partial charge in [0.2, 0.25) is 0 Å². The molecule has 1 aliphatic carbocycles. The van der Waals surface area contributed by atoms with Crippen LogP contribution in [0.25, 0.3) is 0 Å². The molecule has 0 saturated heterocycles. The molecule has 0 saturated carbocycles. The van der Waals surface area contributed by atoms with Gasteiger partial charge in [0.05, 0.1) is 0 Å². The van der Waals surface area contributed by atoms with E-state index in [0.717, 1.165) is 0 Å². The van der Waals surface area contributed by atoms with Crippen LogP contribution in [0.2, 0.25) is 4.63 Å². The Kier molecular flexibility index (Phi) is 32.9. The molecular formula is C12H29N3Zr. The van der Waals surface area contributed by atoms with Crippen LogP contribution in [0, 0.1) is 0 Å². The van der Waals surface area contributed by atoms with E-state index in [4.69, 9.17) is 0 Å². The van der Waals surface area contributed by atoms with Gasteiger partial charge in [-0.2, -0.15) is 0 Å². The van der Waals surface area contributed by atoms with Crippen LogP contribution in [0.4, 0.5) is 0 Å². The molecule has 0 radical (unpaired) electrons. The SMILES string of the molecule is CNC.CNC.CNC.[CH3][Zr][C]1=CC=CC1. The van der Waals surface area contributed by atoms with Gasteiger partial charge in [-0.05, 0) is 42.3 Å². The molecule has 4 heteroatoms. The third kappa shape index (κ3) is 29.2. The van der Waals surface area contributed by atoms with Gasteiger partial charge in [0.25, 0.3) is 0 Å². The second-order valence-electron chi connectivity index (χ2n) is 3.07. The molecule has 0 bridgehead atoms. The monoisotopic (exact) mass is 305 g/mol. The van der Waals surface area contributed by atoms with Gasteiger partial charge >= 0.3 is 55.8 Å². The fourth-order valence-electron chi connectivity index (χ4n) is 0.633. The second kappa shape index (κ2) is 24.5. The van der Waals surface area contributed by atoms with Gasteiger partial charge in [-0.15, -0.1) is 0 Å². The first-order valence-corrected chi connectivity index (χ1v) is 9.15. The van der Waals surface area contributed by atoms with E-state index in [9.17, 15) is 0 Å².